The van der Waals surface area contributed by atoms with Crippen LogP contribution >= 0.6 is 0 Å². The fourth-order valence-corrected chi connectivity index (χ4v) is 2.22. The van der Waals surface area contributed by atoms with Crippen molar-refractivity contribution in [2.75, 3.05) is 5.32 Å². The van der Waals surface area contributed by atoms with Crippen molar-refractivity contribution in [3.63, 3.8) is 0 Å². The van der Waals surface area contributed by atoms with E-state index in [1.54, 1.807) is 30.2 Å². The Kier molecular flexibility index (Phi) is 3.98. The summed E-state index contributed by atoms with van der Waals surface area (Å²) in [4.78, 5) is 12.4. The second-order valence-corrected chi connectivity index (χ2v) is 5.12. The van der Waals surface area contributed by atoms with Gasteiger partial charge in [-0.05, 0) is 30.2 Å². The summed E-state index contributed by atoms with van der Waals surface area (Å²) in [5.74, 6) is 0.174. The standard InChI is InChI=1S/C15H16FN7/c1-9-3-12(13(16)4-10(9)5-17)14-18-8-19-15(22-14)21-11-6-20-23(2)7-11/h3-4,6-8H,5,17H2,1-2H3,(H,18,19,21,22). The van der Waals surface area contributed by atoms with E-state index in [1.165, 1.54) is 12.4 Å². The number of hydrogen-bond donors (Lipinski definition) is 2. The van der Waals surface area contributed by atoms with Gasteiger partial charge in [0, 0.05) is 19.8 Å². The molecule has 1 aromatic carbocycles. The van der Waals surface area contributed by atoms with E-state index >= 15 is 0 Å². The third-order valence-corrected chi connectivity index (χ3v) is 3.42. The summed E-state index contributed by atoms with van der Waals surface area (Å²) in [7, 11) is 1.81. The van der Waals surface area contributed by atoms with Gasteiger partial charge in [0.15, 0.2) is 5.82 Å². The first kappa shape index (κ1) is 15.0. The molecule has 0 bridgehead atoms. The molecule has 0 aliphatic rings. The molecule has 0 aliphatic carbocycles. The Labute approximate surface area is 132 Å². The Morgan fingerprint density at radius 3 is 2.83 bits per heavy atom. The highest BCUT2D eigenvalue weighted by molar-refractivity contribution is 5.60. The molecular weight excluding hydrogens is 297 g/mol. The quantitative estimate of drug-likeness (QED) is 0.764. The van der Waals surface area contributed by atoms with Gasteiger partial charge in [-0.3, -0.25) is 4.68 Å². The fourth-order valence-electron chi connectivity index (χ4n) is 2.22. The number of benzene rings is 1. The predicted octanol–water partition coefficient (Wildman–Crippen LogP) is 1.92. The average Bonchev–Trinajstić information content (AvgIpc) is 2.94. The monoisotopic (exact) mass is 313 g/mol. The first-order valence-corrected chi connectivity index (χ1v) is 7.01. The van der Waals surface area contributed by atoms with Gasteiger partial charge >= 0.3 is 0 Å². The molecule has 0 unspecified atom stereocenters. The molecule has 3 N–H and O–H groups in total. The fraction of sp³-hybridized carbons (Fsp3) is 0.200. The Morgan fingerprint density at radius 1 is 1.30 bits per heavy atom. The van der Waals surface area contributed by atoms with Crippen LogP contribution in [0.3, 0.4) is 0 Å². The largest absolute Gasteiger partial charge is 0.326 e. The Balaban J connectivity index is 1.95. The van der Waals surface area contributed by atoms with Crippen LogP contribution in [0.1, 0.15) is 11.1 Å². The minimum absolute atomic E-state index is 0.260. The van der Waals surface area contributed by atoms with E-state index < -0.39 is 5.82 Å². The van der Waals surface area contributed by atoms with E-state index in [2.05, 4.69) is 25.4 Å². The molecule has 8 heteroatoms. The second kappa shape index (κ2) is 6.09. The average molecular weight is 313 g/mol. The summed E-state index contributed by atoms with van der Waals surface area (Å²) in [6.07, 6.45) is 4.77. The first-order valence-electron chi connectivity index (χ1n) is 7.01. The van der Waals surface area contributed by atoms with Gasteiger partial charge < -0.3 is 11.1 Å². The van der Waals surface area contributed by atoms with Crippen LogP contribution in [-0.4, -0.2) is 24.7 Å². The lowest BCUT2D eigenvalue weighted by Crippen LogP contribution is -2.03. The van der Waals surface area contributed by atoms with Gasteiger partial charge in [0.2, 0.25) is 5.95 Å². The van der Waals surface area contributed by atoms with Crippen LogP contribution in [0.25, 0.3) is 11.4 Å². The number of nitrogens with one attached hydrogen (secondary N) is 1. The van der Waals surface area contributed by atoms with Crippen molar-refractivity contribution in [1.82, 2.24) is 24.7 Å². The SMILES string of the molecule is Cc1cc(-c2ncnc(Nc3cnn(C)c3)n2)c(F)cc1CN. The van der Waals surface area contributed by atoms with Crippen LogP contribution in [0, 0.1) is 12.7 Å². The van der Waals surface area contributed by atoms with Crippen molar-refractivity contribution >= 4 is 11.6 Å². The molecule has 0 atom stereocenters. The van der Waals surface area contributed by atoms with Crippen LogP contribution in [0.15, 0.2) is 30.9 Å². The zero-order valence-electron chi connectivity index (χ0n) is 12.8. The molecule has 118 valence electrons. The number of nitrogens with two attached hydrogens (primary N) is 1. The van der Waals surface area contributed by atoms with Crippen molar-refractivity contribution in [2.45, 2.75) is 13.5 Å². The van der Waals surface area contributed by atoms with E-state index in [4.69, 9.17) is 5.73 Å². The molecule has 2 heterocycles. The van der Waals surface area contributed by atoms with Crippen molar-refractivity contribution in [1.29, 1.82) is 0 Å². The van der Waals surface area contributed by atoms with Crippen LogP contribution in [0.2, 0.25) is 0 Å². The van der Waals surface area contributed by atoms with Gasteiger partial charge in [-0.2, -0.15) is 10.1 Å². The van der Waals surface area contributed by atoms with Gasteiger partial charge in [-0.15, -0.1) is 0 Å². The van der Waals surface area contributed by atoms with Gasteiger partial charge in [0.25, 0.3) is 0 Å². The summed E-state index contributed by atoms with van der Waals surface area (Å²) in [6, 6.07) is 3.11. The van der Waals surface area contributed by atoms with Gasteiger partial charge in [0.05, 0.1) is 17.4 Å². The lowest BCUT2D eigenvalue weighted by Gasteiger charge is -2.08. The molecule has 2 aromatic heterocycles. The number of hydrogen-bond acceptors (Lipinski definition) is 6. The molecule has 3 rings (SSSR count). The van der Waals surface area contributed by atoms with Crippen molar-refractivity contribution in [3.05, 3.63) is 47.8 Å². The lowest BCUT2D eigenvalue weighted by atomic mass is 10.0. The maximum absolute atomic E-state index is 14.3. The summed E-state index contributed by atoms with van der Waals surface area (Å²) < 4.78 is 15.9. The van der Waals surface area contributed by atoms with E-state index in [1.807, 2.05) is 6.92 Å². The van der Waals surface area contributed by atoms with E-state index in [-0.39, 0.29) is 12.4 Å². The highest BCUT2D eigenvalue weighted by atomic mass is 19.1. The normalized spacial score (nSPS) is 10.8. The molecule has 3 aromatic rings. The maximum Gasteiger partial charge on any atom is 0.230 e. The number of aromatic nitrogens is 5. The molecule has 0 fully saturated rings. The summed E-state index contributed by atoms with van der Waals surface area (Å²) in [5.41, 5.74) is 8.30. The first-order chi connectivity index (χ1) is 11.1. The Morgan fingerprint density at radius 2 is 2.13 bits per heavy atom. The van der Waals surface area contributed by atoms with Crippen molar-refractivity contribution in [2.24, 2.45) is 12.8 Å². The number of nitrogens with zero attached hydrogens (tertiary/aromatic N) is 5. The third kappa shape index (κ3) is 3.16. The molecule has 7 nitrogen and oxygen atoms in total. The predicted molar refractivity (Wildman–Crippen MR) is 84.3 cm³/mol. The molecule has 0 radical (unpaired) electrons. The smallest absolute Gasteiger partial charge is 0.230 e. The molecular formula is C15H16FN7. The molecule has 0 saturated heterocycles. The highest BCUT2D eigenvalue weighted by Crippen LogP contribution is 2.24. The third-order valence-electron chi connectivity index (χ3n) is 3.42. The van der Waals surface area contributed by atoms with Crippen LogP contribution in [0.4, 0.5) is 16.0 Å². The molecule has 23 heavy (non-hydrogen) atoms. The molecule has 0 saturated carbocycles. The zero-order chi connectivity index (χ0) is 16.4. The highest BCUT2D eigenvalue weighted by Gasteiger charge is 2.12. The maximum atomic E-state index is 14.3. The number of rotatable bonds is 4. The molecule has 0 amide bonds. The summed E-state index contributed by atoms with van der Waals surface area (Å²) >= 11 is 0. The Hall–Kier alpha value is -2.87. The molecule has 0 aliphatic heterocycles. The van der Waals surface area contributed by atoms with Crippen LogP contribution < -0.4 is 11.1 Å². The van der Waals surface area contributed by atoms with E-state index in [9.17, 15) is 4.39 Å². The minimum Gasteiger partial charge on any atom is -0.326 e. The zero-order valence-corrected chi connectivity index (χ0v) is 12.8. The topological polar surface area (TPSA) is 94.5 Å². The number of aryl methyl sites for hydroxylation is 2. The summed E-state index contributed by atoms with van der Waals surface area (Å²) in [5, 5.41) is 7.05. The number of anilines is 2. The van der Waals surface area contributed by atoms with Crippen LogP contribution in [0.5, 0.6) is 0 Å². The Bertz CT molecular complexity index is 844. The van der Waals surface area contributed by atoms with Gasteiger partial charge in [0.1, 0.15) is 12.1 Å². The summed E-state index contributed by atoms with van der Waals surface area (Å²) in [6.45, 7) is 2.16. The number of halogens is 1. The second-order valence-electron chi connectivity index (χ2n) is 5.12. The van der Waals surface area contributed by atoms with E-state index in [0.29, 0.717) is 11.5 Å². The molecule has 0 spiro atoms. The van der Waals surface area contributed by atoms with Gasteiger partial charge in [-0.1, -0.05) is 0 Å². The minimum atomic E-state index is -0.408. The van der Waals surface area contributed by atoms with Crippen molar-refractivity contribution in [3.8, 4) is 11.4 Å². The van der Waals surface area contributed by atoms with E-state index in [0.717, 1.165) is 16.8 Å². The lowest BCUT2D eigenvalue weighted by molar-refractivity contribution is 0.627. The van der Waals surface area contributed by atoms with Gasteiger partial charge in [-0.25, -0.2) is 14.4 Å². The van der Waals surface area contributed by atoms with Crippen LogP contribution in [-0.2, 0) is 13.6 Å². The van der Waals surface area contributed by atoms with Crippen molar-refractivity contribution < 1.29 is 4.39 Å².